The minimum atomic E-state index is -0.225. The number of hydrogen-bond donors (Lipinski definition) is 1. The van der Waals surface area contributed by atoms with Crippen LogP contribution in [0.4, 0.5) is 5.69 Å². The first-order valence-electron chi connectivity index (χ1n) is 10.7. The van der Waals surface area contributed by atoms with Crippen LogP contribution in [0.2, 0.25) is 5.02 Å². The summed E-state index contributed by atoms with van der Waals surface area (Å²) in [5, 5.41) is 13.6. The standard InChI is InChI=1S/C23H29ClN6O/c1-23(2,3)30-22(25-26-27-30)21(17-9-5-6-10-18(17)24)29-15-13-28(14-16-29)19-11-7-8-12-20(19)31-4/h5-12,21H,13-16H2,1-4H3/p+1/t21-/m1/s1. The third-order valence-corrected chi connectivity index (χ3v) is 6.19. The smallest absolute Gasteiger partial charge is 0.214 e. The number of tetrazole rings is 1. The molecule has 1 aromatic heterocycles. The van der Waals surface area contributed by atoms with Gasteiger partial charge in [0.25, 0.3) is 0 Å². The zero-order chi connectivity index (χ0) is 22.0. The average molecular weight is 442 g/mol. The van der Waals surface area contributed by atoms with Gasteiger partial charge < -0.3 is 14.5 Å². The number of piperazine rings is 1. The summed E-state index contributed by atoms with van der Waals surface area (Å²) in [4.78, 5) is 3.79. The molecular weight excluding hydrogens is 412 g/mol. The van der Waals surface area contributed by atoms with Crippen molar-refractivity contribution >= 4 is 17.3 Å². The first-order chi connectivity index (χ1) is 14.9. The first kappa shape index (κ1) is 21.6. The number of rotatable bonds is 5. The van der Waals surface area contributed by atoms with Gasteiger partial charge in [-0.25, -0.2) is 4.68 Å². The van der Waals surface area contributed by atoms with Crippen LogP contribution < -0.4 is 14.5 Å². The number of hydrogen-bond acceptors (Lipinski definition) is 5. The number of para-hydroxylation sites is 2. The SMILES string of the molecule is COc1ccccc1N1CC[NH+]([C@H](c2ccccc2Cl)c2nnnn2C(C)(C)C)CC1. The van der Waals surface area contributed by atoms with E-state index in [-0.39, 0.29) is 11.6 Å². The predicted octanol–water partition coefficient (Wildman–Crippen LogP) is 2.58. The summed E-state index contributed by atoms with van der Waals surface area (Å²) < 4.78 is 7.51. The van der Waals surface area contributed by atoms with Gasteiger partial charge in [-0.15, -0.1) is 5.10 Å². The summed E-state index contributed by atoms with van der Waals surface area (Å²) in [5.41, 5.74) is 1.97. The molecule has 0 bridgehead atoms. The van der Waals surface area contributed by atoms with Crippen LogP contribution in [-0.2, 0) is 5.54 Å². The molecule has 0 saturated carbocycles. The van der Waals surface area contributed by atoms with Crippen LogP contribution in [0.15, 0.2) is 48.5 Å². The monoisotopic (exact) mass is 441 g/mol. The highest BCUT2D eigenvalue weighted by Gasteiger charge is 2.37. The highest BCUT2D eigenvalue weighted by Crippen LogP contribution is 2.29. The Morgan fingerprint density at radius 3 is 2.39 bits per heavy atom. The number of methoxy groups -OCH3 is 1. The second-order valence-electron chi connectivity index (χ2n) is 8.89. The summed E-state index contributed by atoms with van der Waals surface area (Å²) in [5.74, 6) is 1.76. The molecular formula is C23H30ClN6O+. The minimum Gasteiger partial charge on any atom is -0.495 e. The second kappa shape index (κ2) is 8.85. The van der Waals surface area contributed by atoms with E-state index in [1.165, 1.54) is 4.90 Å². The summed E-state index contributed by atoms with van der Waals surface area (Å²) in [6, 6.07) is 16.2. The minimum absolute atomic E-state index is 0.0391. The van der Waals surface area contributed by atoms with Crippen LogP contribution in [0.25, 0.3) is 0 Å². The number of quaternary nitrogens is 1. The fraction of sp³-hybridized carbons (Fsp3) is 0.435. The zero-order valence-corrected chi connectivity index (χ0v) is 19.3. The number of anilines is 1. The van der Waals surface area contributed by atoms with Crippen LogP contribution in [0.3, 0.4) is 0 Å². The lowest BCUT2D eigenvalue weighted by Crippen LogP contribution is -3.15. The van der Waals surface area contributed by atoms with Gasteiger partial charge in [0.05, 0.1) is 49.5 Å². The van der Waals surface area contributed by atoms with Gasteiger partial charge in [-0.2, -0.15) is 0 Å². The van der Waals surface area contributed by atoms with Crippen LogP contribution >= 0.6 is 11.6 Å². The molecule has 4 rings (SSSR count). The lowest BCUT2D eigenvalue weighted by Gasteiger charge is -2.38. The molecule has 0 spiro atoms. The number of nitrogens with one attached hydrogen (secondary N) is 1. The van der Waals surface area contributed by atoms with Gasteiger partial charge in [0.1, 0.15) is 5.75 Å². The van der Waals surface area contributed by atoms with Crippen molar-refractivity contribution in [2.45, 2.75) is 32.4 Å². The topological polar surface area (TPSA) is 60.5 Å². The molecule has 31 heavy (non-hydrogen) atoms. The molecule has 2 heterocycles. The second-order valence-corrected chi connectivity index (χ2v) is 9.30. The van der Waals surface area contributed by atoms with Crippen LogP contribution in [0.5, 0.6) is 5.75 Å². The number of benzene rings is 2. The van der Waals surface area contributed by atoms with E-state index in [0.717, 1.165) is 54.0 Å². The van der Waals surface area contributed by atoms with E-state index in [0.29, 0.717) is 0 Å². The van der Waals surface area contributed by atoms with Gasteiger partial charge in [0, 0.05) is 5.56 Å². The van der Waals surface area contributed by atoms with Gasteiger partial charge in [-0.3, -0.25) is 0 Å². The number of ether oxygens (including phenoxy) is 1. The van der Waals surface area contributed by atoms with Crippen molar-refractivity contribution in [3.8, 4) is 5.75 Å². The van der Waals surface area contributed by atoms with Crippen molar-refractivity contribution in [2.75, 3.05) is 38.2 Å². The summed E-state index contributed by atoms with van der Waals surface area (Å²) in [6.07, 6.45) is 0. The van der Waals surface area contributed by atoms with E-state index in [1.807, 2.05) is 35.0 Å². The number of aromatic nitrogens is 4. The van der Waals surface area contributed by atoms with E-state index in [2.05, 4.69) is 59.4 Å². The fourth-order valence-electron chi connectivity index (χ4n) is 4.32. The van der Waals surface area contributed by atoms with Crippen LogP contribution in [-0.4, -0.2) is 53.5 Å². The summed E-state index contributed by atoms with van der Waals surface area (Å²) >= 11 is 6.67. The van der Waals surface area contributed by atoms with E-state index >= 15 is 0 Å². The molecule has 0 amide bonds. The molecule has 1 aliphatic rings. The highest BCUT2D eigenvalue weighted by atomic mass is 35.5. The molecule has 1 saturated heterocycles. The first-order valence-corrected chi connectivity index (χ1v) is 11.0. The van der Waals surface area contributed by atoms with Crippen molar-refractivity contribution in [1.29, 1.82) is 0 Å². The van der Waals surface area contributed by atoms with Crippen molar-refractivity contribution in [2.24, 2.45) is 0 Å². The zero-order valence-electron chi connectivity index (χ0n) is 18.5. The van der Waals surface area contributed by atoms with E-state index in [1.54, 1.807) is 7.11 Å². The predicted molar refractivity (Wildman–Crippen MR) is 122 cm³/mol. The largest absolute Gasteiger partial charge is 0.495 e. The number of nitrogens with zero attached hydrogens (tertiary/aromatic N) is 5. The summed E-state index contributed by atoms with van der Waals surface area (Å²) in [7, 11) is 1.72. The maximum Gasteiger partial charge on any atom is 0.214 e. The Bertz CT molecular complexity index is 1020. The van der Waals surface area contributed by atoms with Crippen LogP contribution in [0, 0.1) is 0 Å². The van der Waals surface area contributed by atoms with Gasteiger partial charge in [0.15, 0.2) is 6.04 Å². The average Bonchev–Trinajstić information content (AvgIpc) is 3.26. The molecule has 1 aliphatic heterocycles. The number of halogens is 1. The van der Waals surface area contributed by atoms with Crippen molar-refractivity contribution in [1.82, 2.24) is 20.2 Å². The highest BCUT2D eigenvalue weighted by molar-refractivity contribution is 6.31. The molecule has 0 aliphatic carbocycles. The Kier molecular flexibility index (Phi) is 6.16. The Balaban J connectivity index is 1.65. The Hall–Kier alpha value is -2.64. The normalized spacial score (nSPS) is 16.4. The molecule has 1 fully saturated rings. The van der Waals surface area contributed by atoms with Gasteiger partial charge in [0.2, 0.25) is 5.82 Å². The Morgan fingerprint density at radius 2 is 1.71 bits per heavy atom. The maximum atomic E-state index is 6.67. The Labute approximate surface area is 188 Å². The van der Waals surface area contributed by atoms with Gasteiger partial charge >= 0.3 is 0 Å². The summed E-state index contributed by atoms with van der Waals surface area (Å²) in [6.45, 7) is 10.0. The fourth-order valence-corrected chi connectivity index (χ4v) is 4.56. The lowest BCUT2D eigenvalue weighted by molar-refractivity contribution is -0.927. The van der Waals surface area contributed by atoms with Crippen molar-refractivity contribution in [3.05, 3.63) is 64.9 Å². The molecule has 0 unspecified atom stereocenters. The quantitative estimate of drug-likeness (QED) is 0.659. The third-order valence-electron chi connectivity index (χ3n) is 5.84. The third kappa shape index (κ3) is 4.38. The van der Waals surface area contributed by atoms with Crippen LogP contribution in [0.1, 0.15) is 38.2 Å². The van der Waals surface area contributed by atoms with Crippen molar-refractivity contribution < 1.29 is 9.64 Å². The van der Waals surface area contributed by atoms with Gasteiger partial charge in [-0.1, -0.05) is 41.9 Å². The molecule has 0 radical (unpaired) electrons. The van der Waals surface area contributed by atoms with E-state index in [4.69, 9.17) is 16.3 Å². The molecule has 3 aromatic rings. The molecule has 1 N–H and O–H groups in total. The van der Waals surface area contributed by atoms with E-state index in [9.17, 15) is 0 Å². The molecule has 7 nitrogen and oxygen atoms in total. The maximum absolute atomic E-state index is 6.67. The molecule has 1 atom stereocenters. The lowest BCUT2D eigenvalue weighted by atomic mass is 10.0. The molecule has 2 aromatic carbocycles. The van der Waals surface area contributed by atoms with Gasteiger partial charge in [-0.05, 0) is 49.4 Å². The van der Waals surface area contributed by atoms with E-state index < -0.39 is 0 Å². The molecule has 164 valence electrons. The molecule has 8 heteroatoms. The van der Waals surface area contributed by atoms with Crippen molar-refractivity contribution in [3.63, 3.8) is 0 Å². The Morgan fingerprint density at radius 1 is 1.03 bits per heavy atom.